The first-order valence-electron chi connectivity index (χ1n) is 6.33. The number of ether oxygens (including phenoxy) is 1. The summed E-state index contributed by atoms with van der Waals surface area (Å²) >= 11 is 1.37. The molecular weight excluding hydrogens is 282 g/mol. The maximum absolute atomic E-state index is 11.9. The first kappa shape index (κ1) is 13.2. The zero-order valence-corrected chi connectivity index (χ0v) is 11.5. The molecule has 8 heteroatoms. The Morgan fingerprint density at radius 2 is 2.05 bits per heavy atom. The van der Waals surface area contributed by atoms with Crippen LogP contribution < -0.4 is 5.32 Å². The van der Waals surface area contributed by atoms with Gasteiger partial charge in [0.15, 0.2) is 5.13 Å². The Morgan fingerprint density at radius 3 is 2.75 bits per heavy atom. The molecule has 0 radical (unpaired) electrons. The van der Waals surface area contributed by atoms with E-state index >= 15 is 0 Å². The lowest BCUT2D eigenvalue weighted by atomic mass is 10.2. The third kappa shape index (κ3) is 2.56. The van der Waals surface area contributed by atoms with Crippen molar-refractivity contribution >= 4 is 34.2 Å². The molecule has 1 N–H and O–H groups in total. The monoisotopic (exact) mass is 295 g/mol. The topological polar surface area (TPSA) is 88.6 Å². The van der Waals surface area contributed by atoms with Gasteiger partial charge in [-0.25, -0.2) is 4.98 Å². The number of rotatable bonds is 3. The van der Waals surface area contributed by atoms with E-state index in [9.17, 15) is 14.4 Å². The highest BCUT2D eigenvalue weighted by molar-refractivity contribution is 7.15. The highest BCUT2D eigenvalue weighted by Crippen LogP contribution is 2.27. The van der Waals surface area contributed by atoms with Crippen molar-refractivity contribution < 1.29 is 19.1 Å². The molecular formula is C12H13N3O4S. The van der Waals surface area contributed by atoms with E-state index < -0.39 is 5.91 Å². The van der Waals surface area contributed by atoms with Crippen molar-refractivity contribution in [1.29, 1.82) is 0 Å². The number of nitrogens with zero attached hydrogens (tertiary/aromatic N) is 2. The van der Waals surface area contributed by atoms with Gasteiger partial charge in [-0.2, -0.15) is 0 Å². The molecule has 0 atom stereocenters. The van der Waals surface area contributed by atoms with Crippen LogP contribution in [0.5, 0.6) is 0 Å². The molecule has 1 aromatic heterocycles. The summed E-state index contributed by atoms with van der Waals surface area (Å²) in [7, 11) is 0. The molecule has 0 unspecified atom stereocenters. The number of aromatic nitrogens is 1. The predicted molar refractivity (Wildman–Crippen MR) is 70.1 cm³/mol. The number of hydrogen-bond donors (Lipinski definition) is 1. The van der Waals surface area contributed by atoms with Crippen molar-refractivity contribution in [3.8, 4) is 0 Å². The largest absolute Gasteiger partial charge is 0.375 e. The molecule has 2 aliphatic rings. The summed E-state index contributed by atoms with van der Waals surface area (Å²) in [5, 5.41) is 3.12. The number of carbonyl (C=O) groups is 3. The second-order valence-electron chi connectivity index (χ2n) is 4.61. The van der Waals surface area contributed by atoms with Crippen molar-refractivity contribution in [2.45, 2.75) is 25.9 Å². The number of hydrogen-bond acceptors (Lipinski definition) is 6. The summed E-state index contributed by atoms with van der Waals surface area (Å²) in [5.74, 6) is -0.991. The van der Waals surface area contributed by atoms with Gasteiger partial charge in [0.05, 0.1) is 23.8 Å². The van der Waals surface area contributed by atoms with Gasteiger partial charge in [0.2, 0.25) is 17.7 Å². The van der Waals surface area contributed by atoms with Crippen molar-refractivity contribution in [3.05, 3.63) is 10.6 Å². The fraction of sp³-hybridized carbons (Fsp3) is 0.500. The first-order valence-corrected chi connectivity index (χ1v) is 7.14. The summed E-state index contributed by atoms with van der Waals surface area (Å²) in [6.45, 7) is 0.922. The summed E-state index contributed by atoms with van der Waals surface area (Å²) in [6.07, 6.45) is 1.12. The average molecular weight is 295 g/mol. The van der Waals surface area contributed by atoms with Crippen LogP contribution in [0.2, 0.25) is 0 Å². The zero-order valence-electron chi connectivity index (χ0n) is 10.7. The third-order valence-corrected chi connectivity index (χ3v) is 4.18. The predicted octanol–water partition coefficient (Wildman–Crippen LogP) is 0.303. The fourth-order valence-corrected chi connectivity index (χ4v) is 3.14. The number of anilines is 1. The van der Waals surface area contributed by atoms with Crippen LogP contribution in [0.4, 0.5) is 5.13 Å². The molecule has 0 spiro atoms. The van der Waals surface area contributed by atoms with Gasteiger partial charge in [0.1, 0.15) is 6.54 Å². The van der Waals surface area contributed by atoms with Crippen LogP contribution in [-0.2, 0) is 32.1 Å². The molecule has 3 amide bonds. The van der Waals surface area contributed by atoms with E-state index in [0.717, 1.165) is 21.9 Å². The second-order valence-corrected chi connectivity index (χ2v) is 5.70. The second kappa shape index (κ2) is 5.29. The minimum absolute atomic E-state index is 0.189. The van der Waals surface area contributed by atoms with Gasteiger partial charge in [0.25, 0.3) is 0 Å². The third-order valence-electron chi connectivity index (χ3n) is 3.20. The number of carbonyl (C=O) groups excluding carboxylic acids is 3. The Bertz CT molecular complexity index is 544. The molecule has 0 bridgehead atoms. The summed E-state index contributed by atoms with van der Waals surface area (Å²) in [5.41, 5.74) is 0.949. The summed E-state index contributed by atoms with van der Waals surface area (Å²) < 4.78 is 5.31. The van der Waals surface area contributed by atoms with Crippen molar-refractivity contribution in [3.63, 3.8) is 0 Å². The van der Waals surface area contributed by atoms with Gasteiger partial charge < -0.3 is 10.1 Å². The number of fused-ring (bicyclic) bond motifs is 1. The Morgan fingerprint density at radius 1 is 1.30 bits per heavy atom. The van der Waals surface area contributed by atoms with Gasteiger partial charge in [-0.15, -0.1) is 0 Å². The van der Waals surface area contributed by atoms with Gasteiger partial charge in [-0.1, -0.05) is 11.3 Å². The molecule has 0 saturated carbocycles. The molecule has 1 aromatic rings. The summed E-state index contributed by atoms with van der Waals surface area (Å²) in [4.78, 5) is 41.0. The maximum Gasteiger partial charge on any atom is 0.246 e. The number of likely N-dealkylation sites (tertiary alicyclic amines) is 1. The highest BCUT2D eigenvalue weighted by Gasteiger charge is 2.30. The Hall–Kier alpha value is -1.80. The Balaban J connectivity index is 1.62. The van der Waals surface area contributed by atoms with Gasteiger partial charge in [0, 0.05) is 19.3 Å². The molecule has 1 fully saturated rings. The highest BCUT2D eigenvalue weighted by atomic mass is 32.1. The minimum atomic E-state index is -0.402. The number of imide groups is 1. The average Bonchev–Trinajstić information content (AvgIpc) is 2.96. The lowest BCUT2D eigenvalue weighted by Gasteiger charge is -2.12. The maximum atomic E-state index is 11.9. The van der Waals surface area contributed by atoms with E-state index in [2.05, 4.69) is 10.3 Å². The van der Waals surface area contributed by atoms with E-state index in [4.69, 9.17) is 4.74 Å². The SMILES string of the molecule is O=C(CN1C(=O)CCC1=O)Nc1nc2c(s1)COCC2. The quantitative estimate of drug-likeness (QED) is 0.810. The number of thiazole rings is 1. The van der Waals surface area contributed by atoms with Crippen LogP contribution in [0.25, 0.3) is 0 Å². The normalized spacial score (nSPS) is 18.3. The van der Waals surface area contributed by atoms with Crippen LogP contribution in [0.3, 0.4) is 0 Å². The van der Waals surface area contributed by atoms with Crippen LogP contribution in [0, 0.1) is 0 Å². The van der Waals surface area contributed by atoms with Crippen LogP contribution in [-0.4, -0.2) is 40.8 Å². The molecule has 7 nitrogen and oxygen atoms in total. The standard InChI is InChI=1S/C12H13N3O4S/c16-9(5-15-10(17)1-2-11(15)18)14-12-13-7-3-4-19-6-8(7)20-12/h1-6H2,(H,13,14,16). The lowest BCUT2D eigenvalue weighted by Crippen LogP contribution is -2.36. The molecule has 20 heavy (non-hydrogen) atoms. The van der Waals surface area contributed by atoms with E-state index in [1.54, 1.807) is 0 Å². The number of amides is 3. The molecule has 106 valence electrons. The molecule has 2 aliphatic heterocycles. The number of nitrogens with one attached hydrogen (secondary N) is 1. The lowest BCUT2D eigenvalue weighted by molar-refractivity contribution is -0.141. The van der Waals surface area contributed by atoms with E-state index in [1.165, 1.54) is 11.3 Å². The van der Waals surface area contributed by atoms with E-state index in [-0.39, 0.29) is 31.2 Å². The zero-order chi connectivity index (χ0) is 14.1. The molecule has 1 saturated heterocycles. The van der Waals surface area contributed by atoms with Crippen molar-refractivity contribution in [2.24, 2.45) is 0 Å². The summed E-state index contributed by atoms with van der Waals surface area (Å²) in [6, 6.07) is 0. The van der Waals surface area contributed by atoms with E-state index in [1.807, 2.05) is 0 Å². The van der Waals surface area contributed by atoms with Crippen LogP contribution >= 0.6 is 11.3 Å². The fourth-order valence-electron chi connectivity index (χ4n) is 2.18. The van der Waals surface area contributed by atoms with Gasteiger partial charge in [-0.3, -0.25) is 19.3 Å². The molecule has 0 aromatic carbocycles. The Kier molecular flexibility index (Phi) is 3.49. The molecule has 3 heterocycles. The van der Waals surface area contributed by atoms with Crippen LogP contribution in [0.15, 0.2) is 0 Å². The van der Waals surface area contributed by atoms with Gasteiger partial charge >= 0.3 is 0 Å². The van der Waals surface area contributed by atoms with Gasteiger partial charge in [-0.05, 0) is 0 Å². The van der Waals surface area contributed by atoms with E-state index in [0.29, 0.717) is 18.3 Å². The first-order chi connectivity index (χ1) is 9.63. The molecule has 0 aliphatic carbocycles. The Labute approximate surface area is 118 Å². The minimum Gasteiger partial charge on any atom is -0.375 e. The van der Waals surface area contributed by atoms with Crippen molar-refractivity contribution in [2.75, 3.05) is 18.5 Å². The smallest absolute Gasteiger partial charge is 0.246 e. The van der Waals surface area contributed by atoms with Crippen LogP contribution in [0.1, 0.15) is 23.4 Å². The molecule has 3 rings (SSSR count). The van der Waals surface area contributed by atoms with Crippen molar-refractivity contribution in [1.82, 2.24) is 9.88 Å².